The highest BCUT2D eigenvalue weighted by atomic mass is 16.5. The average molecular weight is 354 g/mol. The largest absolute Gasteiger partial charge is 0.504 e. The zero-order valence-electron chi connectivity index (χ0n) is 15.1. The molecule has 0 saturated heterocycles. The molecule has 2 aromatic rings. The number of ketones is 1. The number of phenolic OH excluding ortho intramolecular Hbond substituents is 1. The maximum Gasteiger partial charge on any atom is 0.331 e. The highest BCUT2D eigenvalue weighted by Crippen LogP contribution is 2.26. The molecule has 0 amide bonds. The van der Waals surface area contributed by atoms with E-state index in [1.54, 1.807) is 31.2 Å². The molecular formula is C21H22O5. The van der Waals surface area contributed by atoms with E-state index in [0.717, 1.165) is 12.0 Å². The van der Waals surface area contributed by atoms with Crippen LogP contribution in [0.3, 0.4) is 0 Å². The van der Waals surface area contributed by atoms with Crippen LogP contribution in [0.15, 0.2) is 48.5 Å². The van der Waals surface area contributed by atoms with Crippen molar-refractivity contribution in [2.75, 3.05) is 7.11 Å². The summed E-state index contributed by atoms with van der Waals surface area (Å²) in [7, 11) is 1.44. The summed E-state index contributed by atoms with van der Waals surface area (Å²) in [5.74, 6) is -0.552. The Kier molecular flexibility index (Phi) is 6.55. The lowest BCUT2D eigenvalue weighted by molar-refractivity contribution is -0.140. The Hall–Kier alpha value is -3.08. The Morgan fingerprint density at radius 1 is 1.15 bits per heavy atom. The van der Waals surface area contributed by atoms with Crippen molar-refractivity contribution in [2.45, 2.75) is 26.4 Å². The molecule has 0 unspecified atom stereocenters. The molecule has 0 aliphatic rings. The maximum absolute atomic E-state index is 12.3. The van der Waals surface area contributed by atoms with Gasteiger partial charge < -0.3 is 14.6 Å². The van der Waals surface area contributed by atoms with Gasteiger partial charge in [-0.3, -0.25) is 4.79 Å². The second-order valence-electron chi connectivity index (χ2n) is 5.76. The van der Waals surface area contributed by atoms with Crippen LogP contribution in [-0.4, -0.2) is 30.1 Å². The number of benzene rings is 2. The van der Waals surface area contributed by atoms with E-state index in [0.29, 0.717) is 16.9 Å². The molecule has 0 aromatic heterocycles. The minimum atomic E-state index is -0.881. The smallest absolute Gasteiger partial charge is 0.331 e. The van der Waals surface area contributed by atoms with Crippen molar-refractivity contribution in [1.29, 1.82) is 0 Å². The van der Waals surface area contributed by atoms with E-state index in [-0.39, 0.29) is 11.5 Å². The van der Waals surface area contributed by atoms with Crippen LogP contribution in [-0.2, 0) is 16.0 Å². The molecule has 0 spiro atoms. The molecular weight excluding hydrogens is 332 g/mol. The monoisotopic (exact) mass is 354 g/mol. The third-order valence-electron chi connectivity index (χ3n) is 3.92. The first-order chi connectivity index (χ1) is 12.4. The number of hydrogen-bond acceptors (Lipinski definition) is 5. The number of ether oxygens (including phenoxy) is 2. The molecule has 5 heteroatoms. The zero-order valence-corrected chi connectivity index (χ0v) is 15.1. The van der Waals surface area contributed by atoms with Crippen molar-refractivity contribution >= 4 is 17.8 Å². The van der Waals surface area contributed by atoms with Gasteiger partial charge in [0.25, 0.3) is 0 Å². The van der Waals surface area contributed by atoms with Gasteiger partial charge in [0.15, 0.2) is 17.6 Å². The van der Waals surface area contributed by atoms with Crippen LogP contribution >= 0.6 is 0 Å². The Morgan fingerprint density at radius 3 is 2.46 bits per heavy atom. The second kappa shape index (κ2) is 8.85. The first-order valence-electron chi connectivity index (χ1n) is 8.33. The van der Waals surface area contributed by atoms with E-state index in [2.05, 4.69) is 0 Å². The highest BCUT2D eigenvalue weighted by Gasteiger charge is 2.18. The molecule has 0 radical (unpaired) electrons. The first kappa shape index (κ1) is 19.2. The minimum absolute atomic E-state index is 0.0144. The summed E-state index contributed by atoms with van der Waals surface area (Å²) in [6.45, 7) is 3.59. The van der Waals surface area contributed by atoms with Gasteiger partial charge in [0.05, 0.1) is 7.11 Å². The van der Waals surface area contributed by atoms with Crippen LogP contribution in [0.25, 0.3) is 6.08 Å². The lowest BCUT2D eigenvalue weighted by atomic mass is 10.0. The molecule has 2 rings (SSSR count). The van der Waals surface area contributed by atoms with Gasteiger partial charge in [0.1, 0.15) is 0 Å². The highest BCUT2D eigenvalue weighted by molar-refractivity contribution is 6.01. The van der Waals surface area contributed by atoms with Gasteiger partial charge in [-0.25, -0.2) is 4.79 Å². The molecule has 0 saturated carbocycles. The molecule has 1 N–H and O–H groups in total. The fourth-order valence-electron chi connectivity index (χ4n) is 2.37. The molecule has 5 nitrogen and oxygen atoms in total. The van der Waals surface area contributed by atoms with Gasteiger partial charge in [0.2, 0.25) is 5.78 Å². The van der Waals surface area contributed by atoms with E-state index in [4.69, 9.17) is 9.47 Å². The number of aryl methyl sites for hydroxylation is 1. The van der Waals surface area contributed by atoms with Crippen molar-refractivity contribution < 1.29 is 24.2 Å². The van der Waals surface area contributed by atoms with Gasteiger partial charge in [-0.2, -0.15) is 0 Å². The molecule has 136 valence electrons. The van der Waals surface area contributed by atoms with Gasteiger partial charge >= 0.3 is 5.97 Å². The lowest BCUT2D eigenvalue weighted by Gasteiger charge is -2.11. The van der Waals surface area contributed by atoms with E-state index in [9.17, 15) is 14.7 Å². The van der Waals surface area contributed by atoms with Crippen LogP contribution in [0.4, 0.5) is 0 Å². The third kappa shape index (κ3) is 4.96. The van der Waals surface area contributed by atoms with Crippen molar-refractivity contribution in [3.8, 4) is 11.5 Å². The van der Waals surface area contributed by atoms with Crippen molar-refractivity contribution in [3.63, 3.8) is 0 Å². The van der Waals surface area contributed by atoms with E-state index < -0.39 is 12.1 Å². The van der Waals surface area contributed by atoms with Gasteiger partial charge in [-0.05, 0) is 42.7 Å². The zero-order chi connectivity index (χ0) is 19.1. The summed E-state index contributed by atoms with van der Waals surface area (Å²) in [4.78, 5) is 24.3. The molecule has 2 aromatic carbocycles. The van der Waals surface area contributed by atoms with Crippen LogP contribution in [0.5, 0.6) is 11.5 Å². The summed E-state index contributed by atoms with van der Waals surface area (Å²) < 4.78 is 10.2. The number of aromatic hydroxyl groups is 1. The number of carbonyl (C=O) groups excluding carboxylic acids is 2. The van der Waals surface area contributed by atoms with E-state index >= 15 is 0 Å². The molecule has 0 fully saturated rings. The predicted molar refractivity (Wildman–Crippen MR) is 99.4 cm³/mol. The summed E-state index contributed by atoms with van der Waals surface area (Å²) >= 11 is 0. The van der Waals surface area contributed by atoms with Crippen molar-refractivity contribution in [2.24, 2.45) is 0 Å². The van der Waals surface area contributed by atoms with E-state index in [1.165, 1.54) is 25.3 Å². The van der Waals surface area contributed by atoms with Crippen molar-refractivity contribution in [1.82, 2.24) is 0 Å². The topological polar surface area (TPSA) is 72.8 Å². The average Bonchev–Trinajstić information content (AvgIpc) is 2.66. The number of carbonyl (C=O) groups is 2. The van der Waals surface area contributed by atoms with Gasteiger partial charge in [0, 0.05) is 11.6 Å². The normalized spacial score (nSPS) is 12.0. The number of phenols is 1. The fourth-order valence-corrected chi connectivity index (χ4v) is 2.37. The molecule has 26 heavy (non-hydrogen) atoms. The third-order valence-corrected chi connectivity index (χ3v) is 3.92. The summed E-state index contributed by atoms with van der Waals surface area (Å²) in [6.07, 6.45) is 2.77. The standard InChI is InChI=1S/C21H22O5/c1-4-15-5-9-17(10-6-15)21(24)14(2)26-20(23)12-8-16-7-11-18(22)19(13-16)25-3/h5-14,22H,4H2,1-3H3/b12-8+/t14-/m0/s1. The number of esters is 1. The van der Waals surface area contributed by atoms with Crippen LogP contribution in [0.1, 0.15) is 35.3 Å². The molecule has 0 bridgehead atoms. The molecule has 1 atom stereocenters. The number of rotatable bonds is 7. The number of Topliss-reactive ketones (excluding diaryl/α,β-unsaturated/α-hetero) is 1. The molecule has 0 aliphatic heterocycles. The second-order valence-corrected chi connectivity index (χ2v) is 5.76. The summed E-state index contributed by atoms with van der Waals surface area (Å²) in [5, 5.41) is 9.56. The Bertz CT molecular complexity index is 806. The Morgan fingerprint density at radius 2 is 1.85 bits per heavy atom. The number of methoxy groups -OCH3 is 1. The quantitative estimate of drug-likeness (QED) is 0.465. The van der Waals surface area contributed by atoms with Crippen LogP contribution in [0, 0.1) is 0 Å². The fraction of sp³-hybridized carbons (Fsp3) is 0.238. The SMILES string of the molecule is CCc1ccc(C(=O)[C@H](C)OC(=O)/C=C/c2ccc(O)c(OC)c2)cc1. The summed E-state index contributed by atoms with van der Waals surface area (Å²) in [6, 6.07) is 11.9. The minimum Gasteiger partial charge on any atom is -0.504 e. The van der Waals surface area contributed by atoms with Gasteiger partial charge in [-0.15, -0.1) is 0 Å². The maximum atomic E-state index is 12.3. The predicted octanol–water partition coefficient (Wildman–Crippen LogP) is 3.79. The van der Waals surface area contributed by atoms with Gasteiger partial charge in [-0.1, -0.05) is 37.3 Å². The Labute approximate surface area is 152 Å². The molecule has 0 heterocycles. The molecule has 0 aliphatic carbocycles. The van der Waals surface area contributed by atoms with Crippen molar-refractivity contribution in [3.05, 3.63) is 65.2 Å². The van der Waals surface area contributed by atoms with E-state index in [1.807, 2.05) is 19.1 Å². The summed E-state index contributed by atoms with van der Waals surface area (Å²) in [5.41, 5.74) is 2.30. The van der Waals surface area contributed by atoms with Crippen LogP contribution < -0.4 is 4.74 Å². The lowest BCUT2D eigenvalue weighted by Crippen LogP contribution is -2.23. The Balaban J connectivity index is 1.98. The van der Waals surface area contributed by atoms with Crippen LogP contribution in [0.2, 0.25) is 0 Å². The number of hydrogen-bond donors (Lipinski definition) is 1. The first-order valence-corrected chi connectivity index (χ1v) is 8.33.